The Bertz CT molecular complexity index is 633. The van der Waals surface area contributed by atoms with Crippen LogP contribution in [0.25, 0.3) is 0 Å². The monoisotopic (exact) mass is 272 g/mol. The summed E-state index contributed by atoms with van der Waals surface area (Å²) in [5.41, 5.74) is 10.6. The molecule has 0 amide bonds. The van der Waals surface area contributed by atoms with E-state index in [-0.39, 0.29) is 11.5 Å². The number of aromatic nitrogens is 1. The number of fused-ring (bicyclic) bond motifs is 1. The van der Waals surface area contributed by atoms with E-state index < -0.39 is 0 Å². The number of nitrogens with zero attached hydrogens (tertiary/aromatic N) is 1. The minimum atomic E-state index is 0.159. The number of hydrogen-bond acceptors (Lipinski definition) is 2. The van der Waals surface area contributed by atoms with Gasteiger partial charge < -0.3 is 14.7 Å². The normalized spacial score (nSPS) is 20.9. The van der Waals surface area contributed by atoms with Crippen molar-refractivity contribution in [2.75, 3.05) is 0 Å². The molecule has 1 unspecified atom stereocenters. The molecule has 3 rings (SSSR count). The second kappa shape index (κ2) is 4.52. The van der Waals surface area contributed by atoms with Crippen LogP contribution in [0, 0.1) is 19.3 Å². The maximum absolute atomic E-state index is 6.36. The molecule has 0 spiro atoms. The zero-order valence-electron chi connectivity index (χ0n) is 12.9. The van der Waals surface area contributed by atoms with Gasteiger partial charge in [0, 0.05) is 17.4 Å². The number of hydrogen-bond donors (Lipinski definition) is 1. The van der Waals surface area contributed by atoms with Gasteiger partial charge in [0.25, 0.3) is 0 Å². The molecule has 0 fully saturated rings. The van der Waals surface area contributed by atoms with Gasteiger partial charge in [-0.1, -0.05) is 13.8 Å². The van der Waals surface area contributed by atoms with Gasteiger partial charge >= 0.3 is 0 Å². The fraction of sp³-hybridized carbons (Fsp3) is 0.529. The molecular weight excluding hydrogens is 248 g/mol. The number of nitrogens with two attached hydrogens (primary N) is 1. The summed E-state index contributed by atoms with van der Waals surface area (Å²) in [6.45, 7) is 9.56. The number of rotatable bonds is 2. The third kappa shape index (κ3) is 2.31. The molecule has 1 aliphatic rings. The summed E-state index contributed by atoms with van der Waals surface area (Å²) in [6.07, 6.45) is 2.15. The average molecular weight is 272 g/mol. The second-order valence-corrected chi connectivity index (χ2v) is 6.94. The van der Waals surface area contributed by atoms with Gasteiger partial charge in [0.05, 0.1) is 6.54 Å². The smallest absolute Gasteiger partial charge is 0.123 e. The van der Waals surface area contributed by atoms with E-state index in [1.54, 1.807) is 0 Å². The minimum Gasteiger partial charge on any atom is -0.464 e. The van der Waals surface area contributed by atoms with Gasteiger partial charge in [-0.3, -0.25) is 0 Å². The number of aryl methyl sites for hydroxylation is 2. The molecule has 3 nitrogen and oxygen atoms in total. The van der Waals surface area contributed by atoms with E-state index in [0.717, 1.165) is 30.9 Å². The molecule has 1 atom stereocenters. The first kappa shape index (κ1) is 13.5. The molecule has 2 heterocycles. The zero-order chi connectivity index (χ0) is 14.5. The van der Waals surface area contributed by atoms with E-state index in [2.05, 4.69) is 37.5 Å². The van der Waals surface area contributed by atoms with E-state index in [9.17, 15) is 0 Å². The molecule has 0 aromatic carbocycles. The van der Waals surface area contributed by atoms with Crippen molar-refractivity contribution < 1.29 is 4.42 Å². The minimum absolute atomic E-state index is 0.159. The molecule has 108 valence electrons. The Hall–Kier alpha value is -1.48. The molecule has 0 bridgehead atoms. The first-order valence-corrected chi connectivity index (χ1v) is 7.35. The van der Waals surface area contributed by atoms with Gasteiger partial charge in [0.2, 0.25) is 0 Å². The van der Waals surface area contributed by atoms with Crippen molar-refractivity contribution in [3.8, 4) is 0 Å². The Morgan fingerprint density at radius 1 is 1.35 bits per heavy atom. The Morgan fingerprint density at radius 2 is 2.10 bits per heavy atom. The van der Waals surface area contributed by atoms with E-state index in [0.29, 0.717) is 0 Å². The lowest BCUT2D eigenvalue weighted by molar-refractivity contribution is 0.275. The van der Waals surface area contributed by atoms with Crippen LogP contribution >= 0.6 is 0 Å². The predicted octanol–water partition coefficient (Wildman–Crippen LogP) is 3.72. The Labute approximate surface area is 120 Å². The molecule has 1 aliphatic carbocycles. The summed E-state index contributed by atoms with van der Waals surface area (Å²) < 4.78 is 8.10. The maximum Gasteiger partial charge on any atom is 0.123 e. The standard InChI is InChI=1S/C17H24N2O/c1-11-7-14-15(18)8-17(3,4)9-16(14)19(11)10-13-6-5-12(2)20-13/h5-7,15H,8-10,18H2,1-4H3. The highest BCUT2D eigenvalue weighted by Gasteiger charge is 2.33. The third-order valence-electron chi connectivity index (χ3n) is 4.38. The highest BCUT2D eigenvalue weighted by Crippen LogP contribution is 2.41. The van der Waals surface area contributed by atoms with Crippen LogP contribution in [0.15, 0.2) is 22.6 Å². The second-order valence-electron chi connectivity index (χ2n) is 6.94. The topological polar surface area (TPSA) is 44.1 Å². The SMILES string of the molecule is Cc1ccc(Cn2c(C)cc3c2CC(C)(C)CC3N)o1. The van der Waals surface area contributed by atoms with Crippen LogP contribution in [0.2, 0.25) is 0 Å². The molecule has 0 saturated carbocycles. The largest absolute Gasteiger partial charge is 0.464 e. The summed E-state index contributed by atoms with van der Waals surface area (Å²) in [7, 11) is 0. The molecular formula is C17H24N2O. The van der Waals surface area contributed by atoms with Gasteiger partial charge in [-0.15, -0.1) is 0 Å². The van der Waals surface area contributed by atoms with Crippen LogP contribution in [0.5, 0.6) is 0 Å². The molecule has 3 heteroatoms. The van der Waals surface area contributed by atoms with E-state index >= 15 is 0 Å². The summed E-state index contributed by atoms with van der Waals surface area (Å²) in [5, 5.41) is 0. The molecule has 0 aliphatic heterocycles. The highest BCUT2D eigenvalue weighted by molar-refractivity contribution is 5.34. The van der Waals surface area contributed by atoms with Crippen LogP contribution in [0.1, 0.15) is 54.8 Å². The van der Waals surface area contributed by atoms with Crippen molar-refractivity contribution in [1.29, 1.82) is 0 Å². The van der Waals surface area contributed by atoms with Crippen molar-refractivity contribution >= 4 is 0 Å². The van der Waals surface area contributed by atoms with Crippen LogP contribution in [0.3, 0.4) is 0 Å². The first-order valence-electron chi connectivity index (χ1n) is 7.35. The highest BCUT2D eigenvalue weighted by atomic mass is 16.3. The fourth-order valence-corrected chi connectivity index (χ4v) is 3.45. The van der Waals surface area contributed by atoms with Crippen LogP contribution < -0.4 is 5.73 Å². The lowest BCUT2D eigenvalue weighted by Gasteiger charge is -2.34. The van der Waals surface area contributed by atoms with Gasteiger partial charge in [0.1, 0.15) is 11.5 Å². The fourth-order valence-electron chi connectivity index (χ4n) is 3.45. The quantitative estimate of drug-likeness (QED) is 0.905. The Kier molecular flexibility index (Phi) is 3.05. The van der Waals surface area contributed by atoms with Crippen molar-refractivity contribution in [2.24, 2.45) is 11.1 Å². The molecule has 0 saturated heterocycles. The van der Waals surface area contributed by atoms with E-state index in [1.165, 1.54) is 17.0 Å². The third-order valence-corrected chi connectivity index (χ3v) is 4.38. The summed E-state index contributed by atoms with van der Waals surface area (Å²) in [5.74, 6) is 1.98. The number of furan rings is 1. The first-order chi connectivity index (χ1) is 9.35. The van der Waals surface area contributed by atoms with Gasteiger partial charge in [-0.05, 0) is 55.9 Å². The van der Waals surface area contributed by atoms with Crippen molar-refractivity contribution in [2.45, 2.75) is 53.1 Å². The Balaban J connectivity index is 2.00. The average Bonchev–Trinajstić information content (AvgIpc) is 2.86. The molecule has 2 aromatic heterocycles. The maximum atomic E-state index is 6.36. The molecule has 0 radical (unpaired) electrons. The molecule has 2 aromatic rings. The van der Waals surface area contributed by atoms with Crippen LogP contribution in [-0.4, -0.2) is 4.57 Å². The lowest BCUT2D eigenvalue weighted by Crippen LogP contribution is -2.30. The summed E-state index contributed by atoms with van der Waals surface area (Å²) in [4.78, 5) is 0. The van der Waals surface area contributed by atoms with Crippen molar-refractivity contribution in [3.63, 3.8) is 0 Å². The van der Waals surface area contributed by atoms with Gasteiger partial charge in [-0.25, -0.2) is 0 Å². The van der Waals surface area contributed by atoms with Crippen molar-refractivity contribution in [1.82, 2.24) is 4.57 Å². The molecule has 2 N–H and O–H groups in total. The summed E-state index contributed by atoms with van der Waals surface area (Å²) in [6, 6.07) is 6.50. The van der Waals surface area contributed by atoms with Crippen LogP contribution in [0.4, 0.5) is 0 Å². The van der Waals surface area contributed by atoms with E-state index in [1.807, 2.05) is 13.0 Å². The zero-order valence-corrected chi connectivity index (χ0v) is 12.9. The molecule has 20 heavy (non-hydrogen) atoms. The lowest BCUT2D eigenvalue weighted by atomic mass is 9.74. The van der Waals surface area contributed by atoms with Gasteiger partial charge in [-0.2, -0.15) is 0 Å². The predicted molar refractivity (Wildman–Crippen MR) is 80.7 cm³/mol. The van der Waals surface area contributed by atoms with E-state index in [4.69, 9.17) is 10.2 Å². The van der Waals surface area contributed by atoms with Crippen LogP contribution in [-0.2, 0) is 13.0 Å². The van der Waals surface area contributed by atoms with Gasteiger partial charge in [0.15, 0.2) is 0 Å². The summed E-state index contributed by atoms with van der Waals surface area (Å²) >= 11 is 0. The Morgan fingerprint density at radius 3 is 2.75 bits per heavy atom. The van der Waals surface area contributed by atoms with Crippen molar-refractivity contribution in [3.05, 3.63) is 46.7 Å².